The number of primary amides is 1. The van der Waals surface area contributed by atoms with Gasteiger partial charge < -0.3 is 36.4 Å². The number of rotatable bonds is 7. The summed E-state index contributed by atoms with van der Waals surface area (Å²) in [5.74, 6) is 0.614. The van der Waals surface area contributed by atoms with Gasteiger partial charge in [0.05, 0.1) is 11.4 Å². The van der Waals surface area contributed by atoms with Gasteiger partial charge in [0, 0.05) is 37.4 Å². The molecule has 2 amide bonds. The van der Waals surface area contributed by atoms with Crippen molar-refractivity contribution >= 4 is 29.2 Å². The van der Waals surface area contributed by atoms with E-state index in [9.17, 15) is 14.7 Å². The second-order valence-electron chi connectivity index (χ2n) is 10.3. The summed E-state index contributed by atoms with van der Waals surface area (Å²) < 4.78 is 5.14. The van der Waals surface area contributed by atoms with Crippen LogP contribution in [0.25, 0.3) is 11.3 Å². The number of carbonyl (C=O) groups is 2. The van der Waals surface area contributed by atoms with Gasteiger partial charge in [-0.15, -0.1) is 10.2 Å². The fourth-order valence-electron chi connectivity index (χ4n) is 5.60. The van der Waals surface area contributed by atoms with Crippen LogP contribution in [0.4, 0.5) is 22.0 Å². The molecule has 2 aromatic carbocycles. The van der Waals surface area contributed by atoms with Crippen molar-refractivity contribution in [2.24, 2.45) is 11.7 Å². The van der Waals surface area contributed by atoms with E-state index in [2.05, 4.69) is 25.3 Å². The van der Waals surface area contributed by atoms with Gasteiger partial charge in [0.15, 0.2) is 5.82 Å². The van der Waals surface area contributed by atoms with Crippen molar-refractivity contribution in [1.29, 1.82) is 0 Å². The van der Waals surface area contributed by atoms with Crippen LogP contribution in [0.3, 0.4) is 0 Å². The molecule has 40 heavy (non-hydrogen) atoms. The number of phenolic OH excluding ortho intramolecular Hbond substituents is 1. The number of ether oxygens (including phenoxy) is 1. The molecule has 1 aromatic heterocycles. The molecule has 1 unspecified atom stereocenters. The predicted molar refractivity (Wildman–Crippen MR) is 153 cm³/mol. The number of hydrogen-bond donors (Lipinski definition) is 4. The zero-order chi connectivity index (χ0) is 28.1. The summed E-state index contributed by atoms with van der Waals surface area (Å²) in [4.78, 5) is 28.9. The average molecular weight is 546 g/mol. The number of nitrogen functional groups attached to an aromatic ring is 1. The Morgan fingerprint density at radius 2 is 1.73 bits per heavy atom. The smallest absolute Gasteiger partial charge is 0.404 e. The summed E-state index contributed by atoms with van der Waals surface area (Å²) in [5.41, 5.74) is 14.1. The van der Waals surface area contributed by atoms with Crippen LogP contribution < -0.4 is 26.6 Å². The molecule has 5 rings (SSSR count). The first-order chi connectivity index (χ1) is 19.4. The molecule has 6 N–H and O–H groups in total. The molecule has 1 saturated carbocycles. The largest absolute Gasteiger partial charge is 0.507 e. The maximum atomic E-state index is 13.7. The number of piperazine rings is 1. The molecule has 2 aliphatic rings. The second kappa shape index (κ2) is 12.1. The fraction of sp³-hybridized carbons (Fsp3) is 0.379. The monoisotopic (exact) mass is 545 g/mol. The van der Waals surface area contributed by atoms with Gasteiger partial charge in [-0.1, -0.05) is 30.3 Å². The fourth-order valence-corrected chi connectivity index (χ4v) is 5.60. The molecular formula is C29H35N7O4. The van der Waals surface area contributed by atoms with Crippen LogP contribution in [0, 0.1) is 5.92 Å². The highest BCUT2D eigenvalue weighted by Gasteiger charge is 2.34. The summed E-state index contributed by atoms with van der Waals surface area (Å²) in [6.45, 7) is 2.18. The van der Waals surface area contributed by atoms with E-state index >= 15 is 0 Å². The quantitative estimate of drug-likeness (QED) is 0.350. The number of nitrogens with two attached hydrogens (primary N) is 2. The lowest BCUT2D eigenvalue weighted by molar-refractivity contribution is -0.122. The van der Waals surface area contributed by atoms with Crippen LogP contribution in [0.5, 0.6) is 5.75 Å². The average Bonchev–Trinajstić information content (AvgIpc) is 2.97. The van der Waals surface area contributed by atoms with Crippen LogP contribution in [-0.4, -0.2) is 65.6 Å². The molecular weight excluding hydrogens is 510 g/mol. The zero-order valence-electron chi connectivity index (χ0n) is 22.3. The molecule has 0 radical (unpaired) electrons. The lowest BCUT2D eigenvalue weighted by atomic mass is 9.87. The van der Waals surface area contributed by atoms with Gasteiger partial charge in [0.25, 0.3) is 0 Å². The molecule has 11 heteroatoms. The number of hydrogen-bond acceptors (Lipinski definition) is 9. The van der Waals surface area contributed by atoms with E-state index in [1.54, 1.807) is 18.2 Å². The number of aromatic nitrogens is 2. The van der Waals surface area contributed by atoms with Crippen molar-refractivity contribution in [3.63, 3.8) is 0 Å². The Balaban J connectivity index is 1.32. The molecule has 11 nitrogen and oxygen atoms in total. The number of amides is 2. The minimum atomic E-state index is -0.739. The summed E-state index contributed by atoms with van der Waals surface area (Å²) >= 11 is 0. The van der Waals surface area contributed by atoms with Gasteiger partial charge in [-0.05, 0) is 61.9 Å². The molecule has 1 saturated heterocycles. The summed E-state index contributed by atoms with van der Waals surface area (Å²) in [6, 6.07) is 18.2. The Labute approximate surface area is 233 Å². The number of para-hydroxylation sites is 2. The van der Waals surface area contributed by atoms with Crippen LogP contribution in [-0.2, 0) is 9.53 Å². The number of anilines is 3. The third-order valence-corrected chi connectivity index (χ3v) is 7.73. The van der Waals surface area contributed by atoms with Crippen molar-refractivity contribution in [2.45, 2.75) is 37.8 Å². The first-order valence-electron chi connectivity index (χ1n) is 13.6. The first kappa shape index (κ1) is 27.0. The third-order valence-electron chi connectivity index (χ3n) is 7.73. The van der Waals surface area contributed by atoms with E-state index in [0.717, 1.165) is 31.4 Å². The van der Waals surface area contributed by atoms with Gasteiger partial charge in [-0.3, -0.25) is 4.79 Å². The molecule has 210 valence electrons. The lowest BCUT2D eigenvalue weighted by Gasteiger charge is -2.43. The van der Waals surface area contributed by atoms with Crippen molar-refractivity contribution < 1.29 is 19.4 Å². The molecule has 1 aliphatic carbocycles. The summed E-state index contributed by atoms with van der Waals surface area (Å²) in [5, 5.41) is 21.9. The molecule has 2 fully saturated rings. The van der Waals surface area contributed by atoms with Gasteiger partial charge in [0.2, 0.25) is 5.91 Å². The SMILES string of the molecule is NC(=O)OC1CCC(CNC(=O)C2CN(c3cc(-c4ccccc4O)nnc3N)CCN2c2ccccc2)CC1. The highest BCUT2D eigenvalue weighted by atomic mass is 16.6. The molecule has 0 spiro atoms. The Kier molecular flexibility index (Phi) is 8.18. The topological polar surface area (TPSA) is 160 Å². The van der Waals surface area contributed by atoms with Crippen molar-refractivity contribution in [2.75, 3.05) is 41.7 Å². The zero-order valence-corrected chi connectivity index (χ0v) is 22.3. The highest BCUT2D eigenvalue weighted by Crippen LogP contribution is 2.33. The van der Waals surface area contributed by atoms with Crippen LogP contribution in [0.2, 0.25) is 0 Å². The number of phenols is 1. The van der Waals surface area contributed by atoms with E-state index in [1.807, 2.05) is 42.5 Å². The van der Waals surface area contributed by atoms with E-state index in [1.165, 1.54) is 0 Å². The van der Waals surface area contributed by atoms with Crippen molar-refractivity contribution in [1.82, 2.24) is 15.5 Å². The Morgan fingerprint density at radius 1 is 1.00 bits per heavy atom. The minimum Gasteiger partial charge on any atom is -0.507 e. The predicted octanol–water partition coefficient (Wildman–Crippen LogP) is 2.90. The standard InChI is InChI=1S/C29H35N7O4/c30-27-24(16-23(33-34-27)22-8-4-5-9-26(22)37)35-14-15-36(20-6-2-1-3-7-20)25(18-35)28(38)32-17-19-10-12-21(13-11-19)40-29(31)39/h1-9,16,19,21,25,37H,10-15,17-18H2,(H2,30,34)(H2,31,39)(H,32,38). The summed E-state index contributed by atoms with van der Waals surface area (Å²) in [6.07, 6.45) is 2.30. The maximum Gasteiger partial charge on any atom is 0.404 e. The van der Waals surface area contributed by atoms with E-state index in [4.69, 9.17) is 16.2 Å². The van der Waals surface area contributed by atoms with Crippen molar-refractivity contribution in [3.05, 3.63) is 60.7 Å². The van der Waals surface area contributed by atoms with E-state index in [-0.39, 0.29) is 23.6 Å². The van der Waals surface area contributed by atoms with Gasteiger partial charge in [0.1, 0.15) is 17.9 Å². The van der Waals surface area contributed by atoms with Crippen molar-refractivity contribution in [3.8, 4) is 17.0 Å². The number of aromatic hydroxyl groups is 1. The van der Waals surface area contributed by atoms with Crippen LogP contribution in [0.15, 0.2) is 60.7 Å². The van der Waals surface area contributed by atoms with Crippen LogP contribution >= 0.6 is 0 Å². The highest BCUT2D eigenvalue weighted by molar-refractivity contribution is 5.87. The number of benzene rings is 2. The van der Waals surface area contributed by atoms with Gasteiger partial charge in [-0.2, -0.15) is 0 Å². The molecule has 3 aromatic rings. The van der Waals surface area contributed by atoms with E-state index in [0.29, 0.717) is 49.0 Å². The first-order valence-corrected chi connectivity index (χ1v) is 13.6. The third kappa shape index (κ3) is 6.19. The number of nitrogens with one attached hydrogen (secondary N) is 1. The van der Waals surface area contributed by atoms with Crippen LogP contribution in [0.1, 0.15) is 25.7 Å². The normalized spacial score (nSPS) is 21.1. The van der Waals surface area contributed by atoms with Gasteiger partial charge in [-0.25, -0.2) is 4.79 Å². The summed E-state index contributed by atoms with van der Waals surface area (Å²) in [7, 11) is 0. The Bertz CT molecular complexity index is 1330. The number of carbonyl (C=O) groups excluding carboxylic acids is 2. The number of nitrogens with zero attached hydrogens (tertiary/aromatic N) is 4. The molecule has 0 bridgehead atoms. The molecule has 1 atom stereocenters. The maximum absolute atomic E-state index is 13.7. The molecule has 2 heterocycles. The van der Waals surface area contributed by atoms with Gasteiger partial charge >= 0.3 is 6.09 Å². The Morgan fingerprint density at radius 3 is 2.45 bits per heavy atom. The molecule has 1 aliphatic heterocycles. The Hall–Kier alpha value is -4.54. The minimum absolute atomic E-state index is 0.0643. The van der Waals surface area contributed by atoms with E-state index < -0.39 is 12.1 Å². The lowest BCUT2D eigenvalue weighted by Crippen LogP contribution is -2.60. The second-order valence-corrected chi connectivity index (χ2v) is 10.3.